The fourth-order valence-corrected chi connectivity index (χ4v) is 2.94. The van der Waals surface area contributed by atoms with Gasteiger partial charge in [-0.15, -0.1) is 0 Å². The van der Waals surface area contributed by atoms with E-state index in [9.17, 15) is 14.4 Å². The molecule has 0 saturated carbocycles. The van der Waals surface area contributed by atoms with Gasteiger partial charge in [0.1, 0.15) is 12.7 Å². The molecule has 30 heavy (non-hydrogen) atoms. The number of ether oxygens (including phenoxy) is 3. The molecule has 0 aromatic heterocycles. The van der Waals surface area contributed by atoms with Gasteiger partial charge in [-0.3, -0.25) is 14.4 Å². The first-order chi connectivity index (χ1) is 14.4. The number of unbranched alkanes of at least 4 members (excludes halogenated alkanes) is 6. The predicted octanol–water partition coefficient (Wildman–Crippen LogP) is 5.04. The molecule has 0 bridgehead atoms. The van der Waals surface area contributed by atoms with Crippen LogP contribution in [0.15, 0.2) is 0 Å². The molecule has 0 aromatic carbocycles. The smallest absolute Gasteiger partial charge is 0.306 e. The van der Waals surface area contributed by atoms with Gasteiger partial charge in [0.15, 0.2) is 0 Å². The summed E-state index contributed by atoms with van der Waals surface area (Å²) >= 11 is 0. The molecule has 0 radical (unpaired) electrons. The van der Waals surface area contributed by atoms with E-state index >= 15 is 0 Å². The molecule has 1 heterocycles. The maximum absolute atomic E-state index is 11.6. The van der Waals surface area contributed by atoms with Crippen LogP contribution in [0.2, 0.25) is 0 Å². The zero-order valence-electron chi connectivity index (χ0n) is 19.2. The first-order valence-electron chi connectivity index (χ1n) is 11.6. The third kappa shape index (κ3) is 17.2. The highest BCUT2D eigenvalue weighted by Crippen LogP contribution is 2.18. The van der Waals surface area contributed by atoms with E-state index in [1.54, 1.807) is 0 Å². The van der Waals surface area contributed by atoms with E-state index in [4.69, 9.17) is 19.3 Å². The maximum Gasteiger partial charge on any atom is 0.306 e. The summed E-state index contributed by atoms with van der Waals surface area (Å²) in [6.07, 6.45) is 10.5. The second-order valence-corrected chi connectivity index (χ2v) is 7.75. The Morgan fingerprint density at radius 2 is 1.37 bits per heavy atom. The van der Waals surface area contributed by atoms with Crippen molar-refractivity contribution in [1.82, 2.24) is 0 Å². The standard InChI is InChI=1S/C17H30O5.C6H12O2/c1-3-5-7-9-16(18)21-12-14-11-15(13-20-14)22-17(19)10-8-6-4-2;1-2-3-4-5-6(7)8/h14-15H,3-13H2,1-2H3;2-5H2,1H3,(H,7,8). The minimum Gasteiger partial charge on any atom is -0.481 e. The van der Waals surface area contributed by atoms with Crippen LogP contribution >= 0.6 is 0 Å². The Balaban J connectivity index is 0.000000890. The first-order valence-corrected chi connectivity index (χ1v) is 11.6. The summed E-state index contributed by atoms with van der Waals surface area (Å²) in [5, 5.41) is 8.14. The molecule has 0 aliphatic carbocycles. The quantitative estimate of drug-likeness (QED) is 0.287. The lowest BCUT2D eigenvalue weighted by atomic mass is 10.2. The summed E-state index contributed by atoms with van der Waals surface area (Å²) in [6.45, 7) is 6.92. The van der Waals surface area contributed by atoms with Crippen molar-refractivity contribution in [3.63, 3.8) is 0 Å². The minimum absolute atomic E-state index is 0.149. The second-order valence-electron chi connectivity index (χ2n) is 7.75. The fourth-order valence-electron chi connectivity index (χ4n) is 2.94. The lowest BCUT2D eigenvalue weighted by molar-refractivity contribution is -0.149. The predicted molar refractivity (Wildman–Crippen MR) is 115 cm³/mol. The monoisotopic (exact) mass is 430 g/mol. The summed E-state index contributed by atoms with van der Waals surface area (Å²) in [7, 11) is 0. The van der Waals surface area contributed by atoms with Crippen LogP contribution in [0.4, 0.5) is 0 Å². The lowest BCUT2D eigenvalue weighted by Crippen LogP contribution is -2.20. The van der Waals surface area contributed by atoms with Gasteiger partial charge in [-0.1, -0.05) is 59.3 Å². The average Bonchev–Trinajstić information content (AvgIpc) is 3.14. The minimum atomic E-state index is -0.682. The molecule has 0 aromatic rings. The van der Waals surface area contributed by atoms with Gasteiger partial charge in [0.05, 0.1) is 12.7 Å². The van der Waals surface area contributed by atoms with Crippen LogP contribution < -0.4 is 0 Å². The molecule has 1 N–H and O–H groups in total. The Bertz CT molecular complexity index is 464. The Labute approximate surface area is 181 Å². The number of carboxylic acids is 1. The Morgan fingerprint density at radius 1 is 0.833 bits per heavy atom. The SMILES string of the molecule is CCCCCC(=O)O.CCCCCC(=O)OCC1CC(OC(=O)CCCCC)CO1. The van der Waals surface area contributed by atoms with Gasteiger partial charge in [-0.2, -0.15) is 0 Å². The lowest BCUT2D eigenvalue weighted by Gasteiger charge is -2.11. The van der Waals surface area contributed by atoms with Gasteiger partial charge >= 0.3 is 17.9 Å². The summed E-state index contributed by atoms with van der Waals surface area (Å²) in [5.74, 6) is -1.00. The number of hydrogen-bond donors (Lipinski definition) is 1. The average molecular weight is 431 g/mol. The number of aliphatic carboxylic acids is 1. The molecule has 1 saturated heterocycles. The van der Waals surface area contributed by atoms with Crippen LogP contribution in [0.25, 0.3) is 0 Å². The highest BCUT2D eigenvalue weighted by Gasteiger charge is 2.29. The molecular formula is C23H42O7. The molecular weight excluding hydrogens is 388 g/mol. The van der Waals surface area contributed by atoms with Crippen LogP contribution in [0, 0.1) is 0 Å². The molecule has 7 nitrogen and oxygen atoms in total. The van der Waals surface area contributed by atoms with Crippen molar-refractivity contribution in [1.29, 1.82) is 0 Å². The van der Waals surface area contributed by atoms with Gasteiger partial charge in [0.25, 0.3) is 0 Å². The van der Waals surface area contributed by atoms with Crippen molar-refractivity contribution >= 4 is 17.9 Å². The number of esters is 2. The van der Waals surface area contributed by atoms with E-state index < -0.39 is 5.97 Å². The van der Waals surface area contributed by atoms with Crippen molar-refractivity contribution in [2.24, 2.45) is 0 Å². The number of rotatable bonds is 15. The molecule has 2 atom stereocenters. The first kappa shape index (κ1) is 28.4. The highest BCUT2D eigenvalue weighted by atomic mass is 16.6. The number of hydrogen-bond acceptors (Lipinski definition) is 6. The van der Waals surface area contributed by atoms with Crippen LogP contribution in [0.5, 0.6) is 0 Å². The molecule has 7 heteroatoms. The van der Waals surface area contributed by atoms with Gasteiger partial charge < -0.3 is 19.3 Å². The molecule has 176 valence electrons. The molecule has 1 aliphatic rings. The van der Waals surface area contributed by atoms with E-state index in [1.807, 2.05) is 0 Å². The van der Waals surface area contributed by atoms with E-state index in [1.165, 1.54) is 0 Å². The normalized spacial score (nSPS) is 17.7. The molecule has 2 unspecified atom stereocenters. The van der Waals surface area contributed by atoms with Crippen molar-refractivity contribution in [2.45, 2.75) is 116 Å². The van der Waals surface area contributed by atoms with E-state index in [2.05, 4.69) is 20.8 Å². The maximum atomic E-state index is 11.6. The summed E-state index contributed by atoms with van der Waals surface area (Å²) in [4.78, 5) is 33.0. The number of carbonyl (C=O) groups excluding carboxylic acids is 2. The zero-order valence-corrected chi connectivity index (χ0v) is 19.2. The fraction of sp³-hybridized carbons (Fsp3) is 0.870. The van der Waals surface area contributed by atoms with Crippen molar-refractivity contribution in [2.75, 3.05) is 13.2 Å². The highest BCUT2D eigenvalue weighted by molar-refractivity contribution is 5.69. The van der Waals surface area contributed by atoms with Gasteiger partial charge in [0, 0.05) is 25.7 Å². The molecule has 1 fully saturated rings. The summed E-state index contributed by atoms with van der Waals surface area (Å²) in [6, 6.07) is 0. The number of carboxylic acid groups (broad SMARTS) is 1. The van der Waals surface area contributed by atoms with E-state index in [0.717, 1.165) is 57.8 Å². The Hall–Kier alpha value is -1.63. The van der Waals surface area contributed by atoms with Crippen LogP contribution in [-0.2, 0) is 28.6 Å². The van der Waals surface area contributed by atoms with Crippen molar-refractivity contribution < 1.29 is 33.7 Å². The molecule has 1 rings (SSSR count). The zero-order chi connectivity index (χ0) is 22.6. The van der Waals surface area contributed by atoms with Gasteiger partial charge in [0.2, 0.25) is 0 Å². The Morgan fingerprint density at radius 3 is 1.90 bits per heavy atom. The second kappa shape index (κ2) is 19.3. The van der Waals surface area contributed by atoms with Crippen LogP contribution in [-0.4, -0.2) is 48.4 Å². The van der Waals surface area contributed by atoms with Gasteiger partial charge in [-0.25, -0.2) is 0 Å². The van der Waals surface area contributed by atoms with Crippen LogP contribution in [0.3, 0.4) is 0 Å². The molecule has 1 aliphatic heterocycles. The Kier molecular flexibility index (Phi) is 18.3. The molecule has 0 spiro atoms. The third-order valence-electron chi connectivity index (χ3n) is 4.74. The van der Waals surface area contributed by atoms with E-state index in [-0.39, 0.29) is 30.8 Å². The third-order valence-corrected chi connectivity index (χ3v) is 4.74. The van der Waals surface area contributed by atoms with Crippen molar-refractivity contribution in [3.05, 3.63) is 0 Å². The largest absolute Gasteiger partial charge is 0.481 e. The van der Waals surface area contributed by atoms with Crippen LogP contribution in [0.1, 0.15) is 104 Å². The summed E-state index contributed by atoms with van der Waals surface area (Å²) in [5.41, 5.74) is 0. The topological polar surface area (TPSA) is 99.1 Å². The van der Waals surface area contributed by atoms with Crippen molar-refractivity contribution in [3.8, 4) is 0 Å². The number of carbonyl (C=O) groups is 3. The van der Waals surface area contributed by atoms with Gasteiger partial charge in [-0.05, 0) is 19.3 Å². The summed E-state index contributed by atoms with van der Waals surface area (Å²) < 4.78 is 16.1. The molecule has 0 amide bonds. The van der Waals surface area contributed by atoms with E-state index in [0.29, 0.717) is 32.3 Å².